The Morgan fingerprint density at radius 2 is 2.19 bits per heavy atom. The molecule has 1 aliphatic heterocycles. The van der Waals surface area contributed by atoms with Crippen molar-refractivity contribution in [3.8, 4) is 0 Å². The second-order valence-corrected chi connectivity index (χ2v) is 4.54. The number of Topliss-reactive ketones (excluding diaryl/α,β-unsaturated/α-hetero) is 1. The molecule has 1 fully saturated rings. The average Bonchev–Trinajstić information content (AvgIpc) is 2.29. The van der Waals surface area contributed by atoms with Gasteiger partial charge in [0.25, 0.3) is 0 Å². The highest BCUT2D eigenvalue weighted by Gasteiger charge is 2.23. The first-order chi connectivity index (χ1) is 7.63. The Bertz CT molecular complexity index is 253. The molecule has 1 aliphatic rings. The van der Waals surface area contributed by atoms with E-state index in [1.54, 1.807) is 0 Å². The van der Waals surface area contributed by atoms with E-state index in [2.05, 4.69) is 4.90 Å². The van der Waals surface area contributed by atoms with Gasteiger partial charge in [0.1, 0.15) is 5.78 Å². The molecule has 1 saturated heterocycles. The predicted molar refractivity (Wildman–Crippen MR) is 62.9 cm³/mol. The van der Waals surface area contributed by atoms with Crippen molar-refractivity contribution >= 4 is 11.7 Å². The second-order valence-electron chi connectivity index (χ2n) is 4.54. The van der Waals surface area contributed by atoms with Gasteiger partial charge < -0.3 is 10.6 Å². The number of likely N-dealkylation sites (tertiary alicyclic amines) is 1. The van der Waals surface area contributed by atoms with Crippen molar-refractivity contribution in [2.75, 3.05) is 19.6 Å². The molecule has 1 amide bonds. The van der Waals surface area contributed by atoms with Crippen LogP contribution >= 0.6 is 0 Å². The molecule has 2 N–H and O–H groups in total. The largest absolute Gasteiger partial charge is 0.369 e. The Balaban J connectivity index is 2.21. The highest BCUT2D eigenvalue weighted by Crippen LogP contribution is 2.16. The molecular formula is C12H22N2O2. The van der Waals surface area contributed by atoms with Crippen LogP contribution in [0.4, 0.5) is 0 Å². The number of rotatable bonds is 6. The van der Waals surface area contributed by atoms with E-state index < -0.39 is 0 Å². The highest BCUT2D eigenvalue weighted by atomic mass is 16.1. The quantitative estimate of drug-likeness (QED) is 0.733. The summed E-state index contributed by atoms with van der Waals surface area (Å²) in [5.41, 5.74) is 5.31. The summed E-state index contributed by atoms with van der Waals surface area (Å²) in [6.07, 6.45) is 4.14. The maximum Gasteiger partial charge on any atom is 0.221 e. The van der Waals surface area contributed by atoms with E-state index in [9.17, 15) is 9.59 Å². The minimum absolute atomic E-state index is 0.00984. The Morgan fingerprint density at radius 3 is 2.81 bits per heavy atom. The zero-order chi connectivity index (χ0) is 12.0. The van der Waals surface area contributed by atoms with Crippen LogP contribution in [0.3, 0.4) is 0 Å². The fraction of sp³-hybridized carbons (Fsp3) is 0.833. The molecule has 0 aromatic rings. The van der Waals surface area contributed by atoms with Gasteiger partial charge in [-0.1, -0.05) is 6.92 Å². The van der Waals surface area contributed by atoms with Crippen LogP contribution in [-0.2, 0) is 9.59 Å². The summed E-state index contributed by atoms with van der Waals surface area (Å²) in [6.45, 7) is 4.61. The lowest BCUT2D eigenvalue weighted by molar-refractivity contribution is -0.123. The molecule has 1 heterocycles. The van der Waals surface area contributed by atoms with Gasteiger partial charge in [0, 0.05) is 19.4 Å². The molecule has 0 spiro atoms. The first-order valence-corrected chi connectivity index (χ1v) is 6.16. The zero-order valence-electron chi connectivity index (χ0n) is 10.1. The molecule has 1 rings (SSSR count). The number of carbonyl (C=O) groups is 2. The van der Waals surface area contributed by atoms with E-state index in [1.807, 2.05) is 6.92 Å². The summed E-state index contributed by atoms with van der Waals surface area (Å²) < 4.78 is 0. The Kier molecular flexibility index (Phi) is 5.46. The van der Waals surface area contributed by atoms with Crippen molar-refractivity contribution in [1.29, 1.82) is 0 Å². The molecule has 0 aromatic carbocycles. The molecule has 0 aromatic heterocycles. The zero-order valence-corrected chi connectivity index (χ0v) is 10.1. The molecule has 4 heteroatoms. The number of carbonyl (C=O) groups excluding carboxylic acids is 2. The van der Waals surface area contributed by atoms with Crippen molar-refractivity contribution in [1.82, 2.24) is 4.90 Å². The van der Waals surface area contributed by atoms with Crippen LogP contribution in [0.2, 0.25) is 0 Å². The third-order valence-corrected chi connectivity index (χ3v) is 3.23. The van der Waals surface area contributed by atoms with Crippen LogP contribution in [0.1, 0.15) is 39.0 Å². The Morgan fingerprint density at radius 1 is 1.44 bits per heavy atom. The highest BCUT2D eigenvalue weighted by molar-refractivity contribution is 5.78. The van der Waals surface area contributed by atoms with Gasteiger partial charge in [-0.15, -0.1) is 0 Å². The van der Waals surface area contributed by atoms with Gasteiger partial charge >= 0.3 is 0 Å². The van der Waals surface area contributed by atoms with Gasteiger partial charge in [-0.05, 0) is 32.4 Å². The van der Waals surface area contributed by atoms with Crippen LogP contribution < -0.4 is 5.73 Å². The molecule has 4 nitrogen and oxygen atoms in total. The van der Waals surface area contributed by atoms with Gasteiger partial charge in [0.15, 0.2) is 0 Å². The number of hydrogen-bond donors (Lipinski definition) is 1. The first kappa shape index (κ1) is 13.2. The number of amides is 1. The van der Waals surface area contributed by atoms with E-state index in [0.717, 1.165) is 38.9 Å². The van der Waals surface area contributed by atoms with E-state index in [4.69, 9.17) is 5.73 Å². The number of nitrogens with zero attached hydrogens (tertiary/aromatic N) is 1. The molecule has 1 unspecified atom stereocenters. The molecule has 0 saturated carbocycles. The third kappa shape index (κ3) is 4.31. The lowest BCUT2D eigenvalue weighted by Gasteiger charge is -2.30. The van der Waals surface area contributed by atoms with Gasteiger partial charge in [0.05, 0.1) is 5.92 Å². The first-order valence-electron chi connectivity index (χ1n) is 6.16. The topological polar surface area (TPSA) is 63.4 Å². The van der Waals surface area contributed by atoms with Crippen molar-refractivity contribution in [2.45, 2.75) is 39.0 Å². The molecule has 92 valence electrons. The second kappa shape index (κ2) is 6.63. The summed E-state index contributed by atoms with van der Waals surface area (Å²) in [5, 5.41) is 0. The van der Waals surface area contributed by atoms with Crippen molar-refractivity contribution in [3.05, 3.63) is 0 Å². The lowest BCUT2D eigenvalue weighted by atomic mass is 9.97. The minimum atomic E-state index is -0.186. The van der Waals surface area contributed by atoms with E-state index in [-0.39, 0.29) is 11.8 Å². The number of nitrogens with two attached hydrogens (primary N) is 1. The van der Waals surface area contributed by atoms with E-state index in [1.165, 1.54) is 0 Å². The minimum Gasteiger partial charge on any atom is -0.369 e. The summed E-state index contributed by atoms with van der Waals surface area (Å²) in [6, 6.07) is 0. The fourth-order valence-corrected chi connectivity index (χ4v) is 2.17. The number of ketones is 1. The van der Waals surface area contributed by atoms with Crippen LogP contribution in [0.5, 0.6) is 0 Å². The van der Waals surface area contributed by atoms with Gasteiger partial charge in [-0.3, -0.25) is 9.59 Å². The molecule has 1 atom stereocenters. The van der Waals surface area contributed by atoms with Crippen LogP contribution in [0, 0.1) is 5.92 Å². The predicted octanol–water partition coefficient (Wildman–Crippen LogP) is 0.943. The number of hydrogen-bond acceptors (Lipinski definition) is 3. The third-order valence-electron chi connectivity index (χ3n) is 3.23. The maximum atomic E-state index is 11.1. The number of piperidine rings is 1. The molecule has 0 radical (unpaired) electrons. The SMILES string of the molecule is CCC(=O)CCCN1CCCC(C(N)=O)C1. The maximum absolute atomic E-state index is 11.1. The normalized spacial score (nSPS) is 21.9. The molecule has 0 bridgehead atoms. The van der Waals surface area contributed by atoms with Gasteiger partial charge in [-0.25, -0.2) is 0 Å². The molecular weight excluding hydrogens is 204 g/mol. The summed E-state index contributed by atoms with van der Waals surface area (Å²) in [5.74, 6) is 0.147. The van der Waals surface area contributed by atoms with Crippen molar-refractivity contribution in [3.63, 3.8) is 0 Å². The van der Waals surface area contributed by atoms with Gasteiger partial charge in [0.2, 0.25) is 5.91 Å². The van der Waals surface area contributed by atoms with Crippen LogP contribution in [0.15, 0.2) is 0 Å². The average molecular weight is 226 g/mol. The monoisotopic (exact) mass is 226 g/mol. The van der Waals surface area contributed by atoms with Crippen molar-refractivity contribution < 1.29 is 9.59 Å². The summed E-state index contributed by atoms with van der Waals surface area (Å²) in [7, 11) is 0. The van der Waals surface area contributed by atoms with E-state index in [0.29, 0.717) is 18.6 Å². The summed E-state index contributed by atoms with van der Waals surface area (Å²) in [4.78, 5) is 24.5. The van der Waals surface area contributed by atoms with Crippen LogP contribution in [0.25, 0.3) is 0 Å². The molecule has 0 aliphatic carbocycles. The Labute approximate surface area is 97.2 Å². The van der Waals surface area contributed by atoms with Crippen LogP contribution in [-0.4, -0.2) is 36.2 Å². The Hall–Kier alpha value is -0.900. The molecule has 16 heavy (non-hydrogen) atoms. The van der Waals surface area contributed by atoms with Gasteiger partial charge in [-0.2, -0.15) is 0 Å². The number of primary amides is 1. The summed E-state index contributed by atoms with van der Waals surface area (Å²) >= 11 is 0. The smallest absolute Gasteiger partial charge is 0.221 e. The lowest BCUT2D eigenvalue weighted by Crippen LogP contribution is -2.41. The van der Waals surface area contributed by atoms with E-state index >= 15 is 0 Å². The van der Waals surface area contributed by atoms with Crippen molar-refractivity contribution in [2.24, 2.45) is 11.7 Å². The standard InChI is InChI=1S/C12H22N2O2/c1-2-11(15)6-4-8-14-7-3-5-10(9-14)12(13)16/h10H,2-9H2,1H3,(H2,13,16). The fourth-order valence-electron chi connectivity index (χ4n) is 2.17.